The number of aromatic nitrogens is 1. The van der Waals surface area contributed by atoms with Gasteiger partial charge in [0.25, 0.3) is 0 Å². The lowest BCUT2D eigenvalue weighted by molar-refractivity contribution is -0.125. The lowest BCUT2D eigenvalue weighted by atomic mass is 10.1. The third-order valence-corrected chi connectivity index (χ3v) is 3.86. The number of nitrogens with one attached hydrogen (secondary N) is 2. The lowest BCUT2D eigenvalue weighted by Crippen LogP contribution is -2.42. The average Bonchev–Trinajstić information content (AvgIpc) is 2.85. The van der Waals surface area contributed by atoms with Gasteiger partial charge in [-0.2, -0.15) is 0 Å². The van der Waals surface area contributed by atoms with Gasteiger partial charge in [0.15, 0.2) is 11.7 Å². The molecule has 1 fully saturated rings. The van der Waals surface area contributed by atoms with E-state index in [-0.39, 0.29) is 11.8 Å². The number of carbonyl (C=O) groups excluding carboxylic acids is 2. The van der Waals surface area contributed by atoms with E-state index in [4.69, 9.17) is 4.42 Å². The SMILES string of the molecule is Cc1ncc(-c2ccc(NC(=O)C3CCCCC(=O)N3)cc2)o1. The first-order valence-electron chi connectivity index (χ1n) is 7.75. The number of aryl methyl sites for hydroxylation is 1. The molecule has 3 rings (SSSR count). The zero-order chi connectivity index (χ0) is 16.2. The maximum absolute atomic E-state index is 12.3. The Labute approximate surface area is 134 Å². The summed E-state index contributed by atoms with van der Waals surface area (Å²) in [4.78, 5) is 27.9. The first-order valence-corrected chi connectivity index (χ1v) is 7.75. The molecule has 1 aliphatic heterocycles. The van der Waals surface area contributed by atoms with E-state index >= 15 is 0 Å². The minimum absolute atomic E-state index is 0.0568. The second kappa shape index (κ2) is 6.64. The summed E-state index contributed by atoms with van der Waals surface area (Å²) in [6.07, 6.45) is 4.55. The number of nitrogens with zero attached hydrogens (tertiary/aromatic N) is 1. The van der Waals surface area contributed by atoms with Crippen LogP contribution in [-0.2, 0) is 9.59 Å². The minimum atomic E-state index is -0.457. The van der Waals surface area contributed by atoms with E-state index in [0.29, 0.717) is 30.2 Å². The Hall–Kier alpha value is -2.63. The van der Waals surface area contributed by atoms with Crippen molar-refractivity contribution in [1.29, 1.82) is 0 Å². The Morgan fingerprint density at radius 2 is 2.09 bits per heavy atom. The summed E-state index contributed by atoms with van der Waals surface area (Å²) in [5.74, 6) is 1.07. The van der Waals surface area contributed by atoms with E-state index in [2.05, 4.69) is 15.6 Å². The molecule has 0 bridgehead atoms. The van der Waals surface area contributed by atoms with E-state index in [0.717, 1.165) is 18.4 Å². The molecule has 1 unspecified atom stereocenters. The molecule has 1 aromatic carbocycles. The third-order valence-electron chi connectivity index (χ3n) is 3.86. The molecule has 1 atom stereocenters. The van der Waals surface area contributed by atoms with Gasteiger partial charge >= 0.3 is 0 Å². The van der Waals surface area contributed by atoms with Gasteiger partial charge in [-0.3, -0.25) is 9.59 Å². The normalized spacial score (nSPS) is 18.1. The smallest absolute Gasteiger partial charge is 0.246 e. The van der Waals surface area contributed by atoms with Gasteiger partial charge in [0.05, 0.1) is 6.20 Å². The van der Waals surface area contributed by atoms with E-state index in [1.54, 1.807) is 13.1 Å². The number of anilines is 1. The van der Waals surface area contributed by atoms with Crippen LogP contribution < -0.4 is 10.6 Å². The molecule has 6 nitrogen and oxygen atoms in total. The van der Waals surface area contributed by atoms with Crippen LogP contribution in [0.3, 0.4) is 0 Å². The van der Waals surface area contributed by atoms with Crippen LogP contribution in [0.1, 0.15) is 31.6 Å². The zero-order valence-electron chi connectivity index (χ0n) is 13.0. The van der Waals surface area contributed by atoms with Crippen LogP contribution in [0.2, 0.25) is 0 Å². The van der Waals surface area contributed by atoms with Crippen LogP contribution in [0.4, 0.5) is 5.69 Å². The van der Waals surface area contributed by atoms with Gasteiger partial charge in [0.2, 0.25) is 11.8 Å². The molecule has 1 aromatic heterocycles. The number of carbonyl (C=O) groups is 2. The summed E-state index contributed by atoms with van der Waals surface area (Å²) in [5, 5.41) is 5.61. The molecule has 0 spiro atoms. The molecule has 1 saturated heterocycles. The highest BCUT2D eigenvalue weighted by Crippen LogP contribution is 2.22. The van der Waals surface area contributed by atoms with Gasteiger partial charge in [-0.25, -0.2) is 4.98 Å². The van der Waals surface area contributed by atoms with E-state index in [1.807, 2.05) is 24.3 Å². The predicted octanol–water partition coefficient (Wildman–Crippen LogP) is 2.65. The Kier molecular flexibility index (Phi) is 4.41. The fourth-order valence-corrected chi connectivity index (χ4v) is 2.61. The van der Waals surface area contributed by atoms with Crippen molar-refractivity contribution >= 4 is 17.5 Å². The van der Waals surface area contributed by atoms with Gasteiger partial charge in [0.1, 0.15) is 6.04 Å². The molecule has 6 heteroatoms. The summed E-state index contributed by atoms with van der Waals surface area (Å²) in [6, 6.07) is 6.89. The van der Waals surface area contributed by atoms with Gasteiger partial charge in [-0.15, -0.1) is 0 Å². The maximum Gasteiger partial charge on any atom is 0.246 e. The van der Waals surface area contributed by atoms with Gasteiger partial charge in [-0.05, 0) is 37.1 Å². The Balaban J connectivity index is 1.65. The van der Waals surface area contributed by atoms with Crippen LogP contribution >= 0.6 is 0 Å². The van der Waals surface area contributed by atoms with E-state index in [9.17, 15) is 9.59 Å². The van der Waals surface area contributed by atoms with Crippen molar-refractivity contribution in [1.82, 2.24) is 10.3 Å². The number of amides is 2. The first kappa shape index (κ1) is 15.3. The molecule has 1 aliphatic rings. The molecule has 2 aromatic rings. The zero-order valence-corrected chi connectivity index (χ0v) is 13.0. The third kappa shape index (κ3) is 3.77. The highest BCUT2D eigenvalue weighted by molar-refractivity contribution is 5.97. The fourth-order valence-electron chi connectivity index (χ4n) is 2.61. The monoisotopic (exact) mass is 313 g/mol. The second-order valence-electron chi connectivity index (χ2n) is 5.68. The van der Waals surface area contributed by atoms with Crippen LogP contribution in [-0.4, -0.2) is 22.8 Å². The number of oxazole rings is 1. The Bertz CT molecular complexity index is 706. The van der Waals surface area contributed by atoms with E-state index < -0.39 is 6.04 Å². The predicted molar refractivity (Wildman–Crippen MR) is 85.7 cm³/mol. The van der Waals surface area contributed by atoms with Crippen LogP contribution in [0.15, 0.2) is 34.9 Å². The molecule has 2 N–H and O–H groups in total. The van der Waals surface area contributed by atoms with Crippen molar-refractivity contribution in [2.24, 2.45) is 0 Å². The molecule has 23 heavy (non-hydrogen) atoms. The molecule has 2 heterocycles. The van der Waals surface area contributed by atoms with Crippen LogP contribution in [0.5, 0.6) is 0 Å². The molecule has 2 amide bonds. The lowest BCUT2D eigenvalue weighted by Gasteiger charge is -2.15. The molecule has 0 radical (unpaired) electrons. The summed E-state index contributed by atoms with van der Waals surface area (Å²) < 4.78 is 5.47. The van der Waals surface area contributed by atoms with Crippen molar-refractivity contribution in [3.63, 3.8) is 0 Å². The Morgan fingerprint density at radius 1 is 1.30 bits per heavy atom. The van der Waals surface area contributed by atoms with Gasteiger partial charge < -0.3 is 15.1 Å². The molecule has 120 valence electrons. The summed E-state index contributed by atoms with van der Waals surface area (Å²) in [5.41, 5.74) is 1.58. The van der Waals surface area contributed by atoms with Gasteiger partial charge in [-0.1, -0.05) is 6.42 Å². The average molecular weight is 313 g/mol. The van der Waals surface area contributed by atoms with Crippen molar-refractivity contribution in [3.05, 3.63) is 36.4 Å². The Morgan fingerprint density at radius 3 is 2.78 bits per heavy atom. The summed E-state index contributed by atoms with van der Waals surface area (Å²) in [7, 11) is 0. The summed E-state index contributed by atoms with van der Waals surface area (Å²) >= 11 is 0. The van der Waals surface area contributed by atoms with Crippen LogP contribution in [0.25, 0.3) is 11.3 Å². The number of hydrogen-bond acceptors (Lipinski definition) is 4. The van der Waals surface area contributed by atoms with Crippen molar-refractivity contribution < 1.29 is 14.0 Å². The molecule has 0 aliphatic carbocycles. The minimum Gasteiger partial charge on any atom is -0.441 e. The van der Waals surface area contributed by atoms with Crippen molar-refractivity contribution in [3.8, 4) is 11.3 Å². The van der Waals surface area contributed by atoms with Crippen molar-refractivity contribution in [2.45, 2.75) is 38.6 Å². The highest BCUT2D eigenvalue weighted by atomic mass is 16.4. The number of hydrogen-bond donors (Lipinski definition) is 2. The van der Waals surface area contributed by atoms with Crippen LogP contribution in [0, 0.1) is 6.92 Å². The number of rotatable bonds is 3. The molecule has 0 saturated carbocycles. The summed E-state index contributed by atoms with van der Waals surface area (Å²) in [6.45, 7) is 1.79. The maximum atomic E-state index is 12.3. The molecular weight excluding hydrogens is 294 g/mol. The standard InChI is InChI=1S/C17H19N3O3/c1-11-18-10-15(23-11)12-6-8-13(9-7-12)19-17(22)14-4-2-3-5-16(21)20-14/h6-10,14H,2-5H2,1H3,(H,19,22)(H,20,21). The quantitative estimate of drug-likeness (QED) is 0.912. The first-order chi connectivity index (χ1) is 11.1. The highest BCUT2D eigenvalue weighted by Gasteiger charge is 2.23. The second-order valence-corrected chi connectivity index (χ2v) is 5.68. The van der Waals surface area contributed by atoms with Gasteiger partial charge in [0, 0.05) is 24.6 Å². The molecular formula is C17H19N3O3. The largest absolute Gasteiger partial charge is 0.441 e. The topological polar surface area (TPSA) is 84.2 Å². The fraction of sp³-hybridized carbons (Fsp3) is 0.353. The van der Waals surface area contributed by atoms with E-state index in [1.165, 1.54) is 0 Å². The number of benzene rings is 1. The van der Waals surface area contributed by atoms with Crippen molar-refractivity contribution in [2.75, 3.05) is 5.32 Å².